The predicted molar refractivity (Wildman–Crippen MR) is 92.0 cm³/mol. The highest BCUT2D eigenvalue weighted by Crippen LogP contribution is 2.21. The van der Waals surface area contributed by atoms with Crippen LogP contribution in [0.4, 0.5) is 11.4 Å². The fourth-order valence-corrected chi connectivity index (χ4v) is 2.28. The van der Waals surface area contributed by atoms with Gasteiger partial charge in [0.2, 0.25) is 0 Å². The summed E-state index contributed by atoms with van der Waals surface area (Å²) in [4.78, 5) is 20.4. The second kappa shape index (κ2) is 6.41. The van der Waals surface area contributed by atoms with Crippen LogP contribution in [0.2, 0.25) is 0 Å². The van der Waals surface area contributed by atoms with Crippen LogP contribution in [0.25, 0.3) is 0 Å². The average molecular weight is 324 g/mol. The number of Topliss-reactive ketones (excluding diaryl/α,β-unsaturated/α-hetero) is 1. The summed E-state index contributed by atoms with van der Waals surface area (Å²) in [5.41, 5.74) is 6.95. The standard InChI is InChI=1S/C17H16N4O3/c18-16-15(24)9-14(19-10-1-5-12(22)6-2-10)17(21-16)20-11-3-7-13(23)8-4-11/h1-8,14,19,22-23H,9H2,(H2,18,20,21). The summed E-state index contributed by atoms with van der Waals surface area (Å²) in [7, 11) is 0. The van der Waals surface area contributed by atoms with Crippen LogP contribution in [0.3, 0.4) is 0 Å². The molecule has 0 aliphatic carbocycles. The number of hydrogen-bond donors (Lipinski definition) is 4. The molecule has 122 valence electrons. The number of carbonyl (C=O) groups is 1. The predicted octanol–water partition coefficient (Wildman–Crippen LogP) is 1.94. The van der Waals surface area contributed by atoms with Gasteiger partial charge in [0.25, 0.3) is 0 Å². The van der Waals surface area contributed by atoms with Crippen LogP contribution in [0.5, 0.6) is 11.5 Å². The number of anilines is 1. The second-order valence-corrected chi connectivity index (χ2v) is 5.35. The fourth-order valence-electron chi connectivity index (χ4n) is 2.28. The molecule has 0 saturated carbocycles. The Morgan fingerprint density at radius 2 is 1.62 bits per heavy atom. The van der Waals surface area contributed by atoms with E-state index in [0.29, 0.717) is 11.5 Å². The molecule has 7 nitrogen and oxygen atoms in total. The largest absolute Gasteiger partial charge is 0.508 e. The van der Waals surface area contributed by atoms with Crippen LogP contribution in [0.1, 0.15) is 6.42 Å². The van der Waals surface area contributed by atoms with Crippen LogP contribution in [-0.4, -0.2) is 33.7 Å². The Balaban J connectivity index is 1.91. The topological polar surface area (TPSA) is 120 Å². The molecule has 0 amide bonds. The number of aromatic hydroxyl groups is 2. The maximum Gasteiger partial charge on any atom is 0.200 e. The first-order chi connectivity index (χ1) is 11.5. The number of nitrogens with two attached hydrogens (primary N) is 1. The third-order valence-corrected chi connectivity index (χ3v) is 3.52. The minimum Gasteiger partial charge on any atom is -0.508 e. The van der Waals surface area contributed by atoms with Crippen molar-refractivity contribution in [1.29, 1.82) is 0 Å². The molecule has 3 rings (SSSR count). The molecular formula is C17H16N4O3. The normalized spacial score (nSPS) is 19.2. The van der Waals surface area contributed by atoms with Crippen molar-refractivity contribution in [1.82, 2.24) is 0 Å². The van der Waals surface area contributed by atoms with Gasteiger partial charge in [-0.05, 0) is 48.5 Å². The molecule has 1 aliphatic rings. The first kappa shape index (κ1) is 15.5. The molecule has 0 aromatic heterocycles. The van der Waals surface area contributed by atoms with Gasteiger partial charge in [-0.25, -0.2) is 9.98 Å². The Kier molecular flexibility index (Phi) is 4.15. The Morgan fingerprint density at radius 1 is 1.04 bits per heavy atom. The number of amidine groups is 2. The molecule has 24 heavy (non-hydrogen) atoms. The molecule has 2 aromatic rings. The lowest BCUT2D eigenvalue weighted by Crippen LogP contribution is -2.41. The molecule has 0 bridgehead atoms. The van der Waals surface area contributed by atoms with Crippen molar-refractivity contribution in [3.05, 3.63) is 48.5 Å². The van der Waals surface area contributed by atoms with Crippen LogP contribution in [0.15, 0.2) is 58.5 Å². The third-order valence-electron chi connectivity index (χ3n) is 3.52. The van der Waals surface area contributed by atoms with Crippen molar-refractivity contribution in [3.63, 3.8) is 0 Å². The lowest BCUT2D eigenvalue weighted by Gasteiger charge is -2.22. The number of nitrogens with zero attached hydrogens (tertiary/aromatic N) is 2. The minimum atomic E-state index is -0.442. The molecule has 0 radical (unpaired) electrons. The molecule has 1 atom stereocenters. The summed E-state index contributed by atoms with van der Waals surface area (Å²) in [5.74, 6) is 0.346. The molecule has 0 fully saturated rings. The van der Waals surface area contributed by atoms with Gasteiger partial charge in [0.05, 0.1) is 11.7 Å². The molecule has 5 N–H and O–H groups in total. The Bertz CT molecular complexity index is 811. The van der Waals surface area contributed by atoms with Crippen molar-refractivity contribution in [2.45, 2.75) is 12.5 Å². The molecule has 1 unspecified atom stereocenters. The summed E-state index contributed by atoms with van der Waals surface area (Å²) in [5, 5.41) is 21.8. The van der Waals surface area contributed by atoms with E-state index in [0.717, 1.165) is 5.69 Å². The number of hydrogen-bond acceptors (Lipinski definition) is 6. The van der Waals surface area contributed by atoms with Gasteiger partial charge in [0.1, 0.15) is 11.5 Å². The van der Waals surface area contributed by atoms with Gasteiger partial charge in [-0.15, -0.1) is 0 Å². The van der Waals surface area contributed by atoms with Crippen LogP contribution < -0.4 is 11.1 Å². The molecule has 1 aliphatic heterocycles. The number of benzene rings is 2. The number of rotatable bonds is 3. The first-order valence-electron chi connectivity index (χ1n) is 7.32. The van der Waals surface area contributed by atoms with E-state index < -0.39 is 6.04 Å². The molecule has 0 saturated heterocycles. The second-order valence-electron chi connectivity index (χ2n) is 5.35. The number of phenolic OH excluding ortho intramolecular Hbond substituents is 2. The SMILES string of the molecule is NC1=NC(=Nc2ccc(O)cc2)C(Nc2ccc(O)cc2)CC1=O. The van der Waals surface area contributed by atoms with Crippen molar-refractivity contribution in [2.24, 2.45) is 15.7 Å². The van der Waals surface area contributed by atoms with Crippen LogP contribution >= 0.6 is 0 Å². The van der Waals surface area contributed by atoms with E-state index in [1.165, 1.54) is 12.1 Å². The minimum absolute atomic E-state index is 0.0729. The highest BCUT2D eigenvalue weighted by Gasteiger charge is 2.27. The van der Waals surface area contributed by atoms with Crippen LogP contribution in [-0.2, 0) is 4.79 Å². The zero-order chi connectivity index (χ0) is 17.1. The van der Waals surface area contributed by atoms with Gasteiger partial charge in [-0.3, -0.25) is 4.79 Å². The number of carbonyl (C=O) groups excluding carboxylic acids is 1. The van der Waals surface area contributed by atoms with Gasteiger partial charge in [-0.2, -0.15) is 0 Å². The number of aliphatic imine (C=N–C) groups is 2. The van der Waals surface area contributed by atoms with E-state index in [-0.39, 0.29) is 29.5 Å². The van der Waals surface area contributed by atoms with E-state index in [4.69, 9.17) is 5.73 Å². The number of phenols is 2. The van der Waals surface area contributed by atoms with Gasteiger partial charge < -0.3 is 21.3 Å². The highest BCUT2D eigenvalue weighted by atomic mass is 16.3. The zero-order valence-electron chi connectivity index (χ0n) is 12.7. The van der Waals surface area contributed by atoms with E-state index in [1.54, 1.807) is 36.4 Å². The lowest BCUT2D eigenvalue weighted by atomic mass is 10.0. The zero-order valence-corrected chi connectivity index (χ0v) is 12.7. The lowest BCUT2D eigenvalue weighted by molar-refractivity contribution is -0.113. The van der Waals surface area contributed by atoms with E-state index in [1.807, 2.05) is 0 Å². The molecule has 1 heterocycles. The third kappa shape index (κ3) is 3.52. The Morgan fingerprint density at radius 3 is 2.25 bits per heavy atom. The van der Waals surface area contributed by atoms with Gasteiger partial charge in [0, 0.05) is 12.1 Å². The highest BCUT2D eigenvalue weighted by molar-refractivity contribution is 6.42. The summed E-state index contributed by atoms with van der Waals surface area (Å²) in [6.07, 6.45) is 0.132. The summed E-state index contributed by atoms with van der Waals surface area (Å²) in [6, 6.07) is 12.3. The maximum atomic E-state index is 11.9. The summed E-state index contributed by atoms with van der Waals surface area (Å²) < 4.78 is 0. The maximum absolute atomic E-state index is 11.9. The molecular weight excluding hydrogens is 308 g/mol. The van der Waals surface area contributed by atoms with Gasteiger partial charge >= 0.3 is 0 Å². The molecule has 0 spiro atoms. The molecule has 2 aromatic carbocycles. The number of ketones is 1. The smallest absolute Gasteiger partial charge is 0.200 e. The average Bonchev–Trinajstić information content (AvgIpc) is 2.56. The molecule has 7 heteroatoms. The van der Waals surface area contributed by atoms with Crippen molar-refractivity contribution in [3.8, 4) is 11.5 Å². The van der Waals surface area contributed by atoms with Crippen molar-refractivity contribution >= 4 is 28.8 Å². The Hall–Kier alpha value is -3.35. The first-order valence-corrected chi connectivity index (χ1v) is 7.32. The van der Waals surface area contributed by atoms with Gasteiger partial charge in [-0.1, -0.05) is 0 Å². The van der Waals surface area contributed by atoms with Crippen molar-refractivity contribution < 1.29 is 15.0 Å². The van der Waals surface area contributed by atoms with E-state index >= 15 is 0 Å². The Labute approximate surface area is 138 Å². The van der Waals surface area contributed by atoms with Crippen LogP contribution in [0, 0.1) is 0 Å². The monoisotopic (exact) mass is 324 g/mol. The van der Waals surface area contributed by atoms with E-state index in [2.05, 4.69) is 15.3 Å². The van der Waals surface area contributed by atoms with E-state index in [9.17, 15) is 15.0 Å². The quantitative estimate of drug-likeness (QED) is 0.643. The van der Waals surface area contributed by atoms with Crippen molar-refractivity contribution in [2.75, 3.05) is 5.32 Å². The summed E-state index contributed by atoms with van der Waals surface area (Å²) in [6.45, 7) is 0. The fraction of sp³-hybridized carbons (Fsp3) is 0.118. The summed E-state index contributed by atoms with van der Waals surface area (Å²) >= 11 is 0. The van der Waals surface area contributed by atoms with Gasteiger partial charge in [0.15, 0.2) is 17.5 Å². The number of nitrogens with one attached hydrogen (secondary N) is 1.